The molecule has 1 saturated heterocycles. The topological polar surface area (TPSA) is 60.2 Å². The number of likely N-dealkylation sites (tertiary alicyclic amines) is 1. The van der Waals surface area contributed by atoms with E-state index in [4.69, 9.17) is 9.72 Å². The number of hydrogen-bond donors (Lipinski definition) is 0. The number of carbonyl (C=O) groups is 1. The molecule has 1 amide bonds. The minimum Gasteiger partial charge on any atom is -0.383 e. The van der Waals surface area contributed by atoms with Crippen LogP contribution < -0.4 is 0 Å². The first kappa shape index (κ1) is 17.2. The number of aromatic nitrogens is 3. The Morgan fingerprint density at radius 2 is 2.31 bits per heavy atom. The third-order valence-corrected chi connectivity index (χ3v) is 5.74. The normalized spacial score (nSPS) is 17.3. The summed E-state index contributed by atoms with van der Waals surface area (Å²) in [5.74, 6) is 1.46. The molecule has 1 atom stereocenters. The number of hydrogen-bond acceptors (Lipinski definition) is 5. The lowest BCUT2D eigenvalue weighted by Crippen LogP contribution is -2.30. The van der Waals surface area contributed by atoms with Crippen LogP contribution in [0.2, 0.25) is 0 Å². The minimum absolute atomic E-state index is 0.202. The van der Waals surface area contributed by atoms with E-state index < -0.39 is 0 Å². The summed E-state index contributed by atoms with van der Waals surface area (Å²) in [4.78, 5) is 25.0. The average Bonchev–Trinajstić information content (AvgIpc) is 3.39. The predicted octanol–water partition coefficient (Wildman–Crippen LogP) is 2.70. The van der Waals surface area contributed by atoms with Crippen molar-refractivity contribution in [3.05, 3.63) is 46.5 Å². The molecule has 0 N–H and O–H groups in total. The van der Waals surface area contributed by atoms with Crippen LogP contribution in [0.3, 0.4) is 0 Å². The zero-order valence-corrected chi connectivity index (χ0v) is 15.6. The van der Waals surface area contributed by atoms with Crippen molar-refractivity contribution < 1.29 is 9.53 Å². The maximum atomic E-state index is 12.6. The third kappa shape index (κ3) is 3.37. The molecule has 4 rings (SSSR count). The molecule has 6 nitrogen and oxygen atoms in total. The molecule has 0 aliphatic carbocycles. The van der Waals surface area contributed by atoms with Gasteiger partial charge in [-0.3, -0.25) is 4.79 Å². The van der Waals surface area contributed by atoms with Gasteiger partial charge in [0.25, 0.3) is 0 Å². The van der Waals surface area contributed by atoms with Gasteiger partial charge in [-0.25, -0.2) is 9.97 Å². The smallest absolute Gasteiger partial charge is 0.227 e. The van der Waals surface area contributed by atoms with Crippen molar-refractivity contribution in [1.82, 2.24) is 19.4 Å². The van der Waals surface area contributed by atoms with Crippen molar-refractivity contribution in [3.63, 3.8) is 0 Å². The van der Waals surface area contributed by atoms with E-state index >= 15 is 0 Å². The van der Waals surface area contributed by atoms with Gasteiger partial charge in [0, 0.05) is 43.7 Å². The first-order valence-corrected chi connectivity index (χ1v) is 9.74. The van der Waals surface area contributed by atoms with Gasteiger partial charge in [0.15, 0.2) is 5.65 Å². The van der Waals surface area contributed by atoms with E-state index in [9.17, 15) is 4.79 Å². The van der Waals surface area contributed by atoms with Gasteiger partial charge in [0.05, 0.1) is 13.0 Å². The highest BCUT2D eigenvalue weighted by atomic mass is 32.1. The Balaban J connectivity index is 1.53. The first-order chi connectivity index (χ1) is 12.8. The van der Waals surface area contributed by atoms with E-state index in [1.165, 1.54) is 0 Å². The molecule has 0 aromatic carbocycles. The molecule has 26 heavy (non-hydrogen) atoms. The van der Waals surface area contributed by atoms with Crippen LogP contribution in [0.1, 0.15) is 23.0 Å². The molecule has 1 unspecified atom stereocenters. The van der Waals surface area contributed by atoms with E-state index in [2.05, 4.69) is 9.55 Å². The summed E-state index contributed by atoms with van der Waals surface area (Å²) < 4.78 is 7.41. The molecule has 136 valence electrons. The fourth-order valence-corrected chi connectivity index (χ4v) is 4.26. The van der Waals surface area contributed by atoms with Crippen LogP contribution in [-0.2, 0) is 22.5 Å². The van der Waals surface area contributed by atoms with Gasteiger partial charge >= 0.3 is 0 Å². The summed E-state index contributed by atoms with van der Waals surface area (Å²) in [5.41, 5.74) is 1.80. The van der Waals surface area contributed by atoms with Gasteiger partial charge in [-0.05, 0) is 30.0 Å². The molecule has 1 fully saturated rings. The highest BCUT2D eigenvalue weighted by molar-refractivity contribution is 7.10. The molecule has 0 bridgehead atoms. The SMILES string of the molecule is COCCn1c(C2CCN(C(=O)Cc3cccs3)C2)nc2cccnc21. The number of methoxy groups -OCH3 is 1. The van der Waals surface area contributed by atoms with Crippen molar-refractivity contribution >= 4 is 28.4 Å². The number of rotatable bonds is 6. The molecular formula is C19H22N4O2S. The number of imidazole rings is 1. The molecule has 4 heterocycles. The van der Waals surface area contributed by atoms with Crippen molar-refractivity contribution in [2.24, 2.45) is 0 Å². The van der Waals surface area contributed by atoms with E-state index in [1.54, 1.807) is 24.6 Å². The first-order valence-electron chi connectivity index (χ1n) is 8.86. The number of thiophene rings is 1. The van der Waals surface area contributed by atoms with Crippen LogP contribution in [-0.4, -0.2) is 52.1 Å². The average molecular weight is 370 g/mol. The quantitative estimate of drug-likeness (QED) is 0.669. The molecule has 0 radical (unpaired) electrons. The summed E-state index contributed by atoms with van der Waals surface area (Å²) in [6.45, 7) is 2.85. The molecule has 3 aromatic heterocycles. The molecule has 3 aromatic rings. The lowest BCUT2D eigenvalue weighted by molar-refractivity contribution is -0.129. The number of fused-ring (bicyclic) bond motifs is 1. The number of carbonyl (C=O) groups excluding carboxylic acids is 1. The third-order valence-electron chi connectivity index (χ3n) is 4.86. The van der Waals surface area contributed by atoms with E-state index in [1.807, 2.05) is 34.5 Å². The zero-order chi connectivity index (χ0) is 17.9. The largest absolute Gasteiger partial charge is 0.383 e. The maximum absolute atomic E-state index is 12.6. The van der Waals surface area contributed by atoms with Gasteiger partial charge < -0.3 is 14.2 Å². The van der Waals surface area contributed by atoms with Gasteiger partial charge in [-0.1, -0.05) is 6.07 Å². The molecule has 0 spiro atoms. The van der Waals surface area contributed by atoms with Gasteiger partial charge in [-0.2, -0.15) is 0 Å². The minimum atomic E-state index is 0.202. The Bertz CT molecular complexity index is 890. The van der Waals surface area contributed by atoms with Crippen LogP contribution in [0.15, 0.2) is 35.8 Å². The number of pyridine rings is 1. The van der Waals surface area contributed by atoms with Gasteiger partial charge in [0.1, 0.15) is 11.3 Å². The Morgan fingerprint density at radius 1 is 1.38 bits per heavy atom. The summed E-state index contributed by atoms with van der Waals surface area (Å²) in [5, 5.41) is 2.01. The zero-order valence-electron chi connectivity index (χ0n) is 14.8. The fourth-order valence-electron chi connectivity index (χ4n) is 3.56. The summed E-state index contributed by atoms with van der Waals surface area (Å²) in [7, 11) is 1.70. The van der Waals surface area contributed by atoms with Crippen molar-refractivity contribution in [1.29, 1.82) is 0 Å². The van der Waals surface area contributed by atoms with E-state index in [-0.39, 0.29) is 11.8 Å². The highest BCUT2D eigenvalue weighted by Crippen LogP contribution is 2.29. The number of nitrogens with zero attached hydrogens (tertiary/aromatic N) is 4. The maximum Gasteiger partial charge on any atom is 0.227 e. The predicted molar refractivity (Wildman–Crippen MR) is 101 cm³/mol. The van der Waals surface area contributed by atoms with Crippen LogP contribution in [0.4, 0.5) is 0 Å². The monoisotopic (exact) mass is 370 g/mol. The Labute approximate surface area is 156 Å². The second-order valence-electron chi connectivity index (χ2n) is 6.54. The highest BCUT2D eigenvalue weighted by Gasteiger charge is 2.31. The van der Waals surface area contributed by atoms with Crippen molar-refractivity contribution in [3.8, 4) is 0 Å². The number of ether oxygens (including phenoxy) is 1. The van der Waals surface area contributed by atoms with Crippen LogP contribution >= 0.6 is 11.3 Å². The fraction of sp³-hybridized carbons (Fsp3) is 0.421. The van der Waals surface area contributed by atoms with Crippen molar-refractivity contribution in [2.45, 2.75) is 25.3 Å². The summed E-state index contributed by atoms with van der Waals surface area (Å²) in [6, 6.07) is 7.91. The summed E-state index contributed by atoms with van der Waals surface area (Å²) in [6.07, 6.45) is 3.22. The second-order valence-corrected chi connectivity index (χ2v) is 7.57. The Morgan fingerprint density at radius 3 is 3.12 bits per heavy atom. The van der Waals surface area contributed by atoms with Crippen LogP contribution in [0.5, 0.6) is 0 Å². The van der Waals surface area contributed by atoms with E-state index in [0.717, 1.165) is 47.9 Å². The van der Waals surface area contributed by atoms with E-state index in [0.29, 0.717) is 13.0 Å². The standard InChI is InChI=1S/C19H22N4O2S/c1-25-10-9-23-18(21-16-5-2-7-20-19(16)23)14-6-8-22(13-14)17(24)12-15-4-3-11-26-15/h2-5,7,11,14H,6,8-10,12-13H2,1H3. The van der Waals surface area contributed by atoms with Crippen LogP contribution in [0, 0.1) is 0 Å². The molecule has 1 aliphatic heterocycles. The molecule has 7 heteroatoms. The van der Waals surface area contributed by atoms with Crippen LogP contribution in [0.25, 0.3) is 11.2 Å². The lowest BCUT2D eigenvalue weighted by atomic mass is 10.1. The second kappa shape index (κ2) is 7.55. The van der Waals surface area contributed by atoms with Gasteiger partial charge in [-0.15, -0.1) is 11.3 Å². The van der Waals surface area contributed by atoms with Crippen molar-refractivity contribution in [2.75, 3.05) is 26.8 Å². The molecule has 1 aliphatic rings. The number of amides is 1. The van der Waals surface area contributed by atoms with Gasteiger partial charge in [0.2, 0.25) is 5.91 Å². The Kier molecular flexibility index (Phi) is 4.99. The summed E-state index contributed by atoms with van der Waals surface area (Å²) >= 11 is 1.64. The molecular weight excluding hydrogens is 348 g/mol. The molecule has 0 saturated carbocycles. The lowest BCUT2D eigenvalue weighted by Gasteiger charge is -2.17. The Hall–Kier alpha value is -2.25.